The van der Waals surface area contributed by atoms with Crippen molar-refractivity contribution in [3.05, 3.63) is 53.9 Å². The van der Waals surface area contributed by atoms with Crippen LogP contribution in [0.15, 0.2) is 47.8 Å². The predicted molar refractivity (Wildman–Crippen MR) is 80.9 cm³/mol. The van der Waals surface area contributed by atoms with Gasteiger partial charge in [-0.3, -0.25) is 4.79 Å². The van der Waals surface area contributed by atoms with Gasteiger partial charge in [-0.1, -0.05) is 42.1 Å². The van der Waals surface area contributed by atoms with Crippen molar-refractivity contribution in [2.24, 2.45) is 0 Å². The zero-order valence-corrected chi connectivity index (χ0v) is 12.8. The number of benzene rings is 1. The number of hydrogen-bond donors (Lipinski definition) is 1. The van der Waals surface area contributed by atoms with E-state index in [1.54, 1.807) is 0 Å². The first-order valence-corrected chi connectivity index (χ1v) is 7.77. The van der Waals surface area contributed by atoms with Crippen LogP contribution < -0.4 is 5.32 Å². The minimum Gasteiger partial charge on any atom is -0.355 e. The second-order valence-corrected chi connectivity index (χ2v) is 5.54. The summed E-state index contributed by atoms with van der Waals surface area (Å²) in [5, 5.41) is 2.64. The van der Waals surface area contributed by atoms with E-state index in [1.807, 2.05) is 30.3 Å². The Morgan fingerprint density at radius 1 is 1.17 bits per heavy atom. The number of alkyl halides is 3. The van der Waals surface area contributed by atoms with Crippen LogP contribution in [0.25, 0.3) is 0 Å². The molecule has 0 fully saturated rings. The quantitative estimate of drug-likeness (QED) is 0.648. The third kappa shape index (κ3) is 5.90. The van der Waals surface area contributed by atoms with Crippen LogP contribution in [0.5, 0.6) is 0 Å². The van der Waals surface area contributed by atoms with E-state index in [0.717, 1.165) is 29.6 Å². The summed E-state index contributed by atoms with van der Waals surface area (Å²) >= 11 is 0.871. The van der Waals surface area contributed by atoms with Crippen molar-refractivity contribution in [3.8, 4) is 0 Å². The molecule has 23 heavy (non-hydrogen) atoms. The van der Waals surface area contributed by atoms with E-state index in [4.69, 9.17) is 0 Å². The number of halogens is 3. The highest BCUT2D eigenvalue weighted by Gasteiger charge is 2.32. The molecular weight excluding hydrogens is 327 g/mol. The molecular formula is C15H14F3N3OS. The molecule has 0 bridgehead atoms. The first-order valence-electron chi connectivity index (χ1n) is 6.79. The molecule has 2 aromatic rings. The van der Waals surface area contributed by atoms with Crippen LogP contribution in [0.3, 0.4) is 0 Å². The molecule has 0 aliphatic rings. The molecule has 0 unspecified atom stereocenters. The fraction of sp³-hybridized carbons (Fsp3) is 0.267. The van der Waals surface area contributed by atoms with Crippen LogP contribution in [0, 0.1) is 0 Å². The minimum atomic E-state index is -4.52. The summed E-state index contributed by atoms with van der Waals surface area (Å²) in [6.07, 6.45) is -2.79. The molecule has 0 atom stereocenters. The van der Waals surface area contributed by atoms with E-state index in [2.05, 4.69) is 15.3 Å². The van der Waals surface area contributed by atoms with Gasteiger partial charge in [0.1, 0.15) is 5.69 Å². The molecule has 4 nitrogen and oxygen atoms in total. The number of carbonyl (C=O) groups excluding carboxylic acids is 1. The average Bonchev–Trinajstić information content (AvgIpc) is 2.53. The minimum absolute atomic E-state index is 0.0316. The zero-order valence-electron chi connectivity index (χ0n) is 12.0. The molecule has 1 N–H and O–H groups in total. The predicted octanol–water partition coefficient (Wildman–Crippen LogP) is 2.95. The standard InChI is InChI=1S/C15H14F3N3OS/c16-15(17,18)12-7-9-20-14(21-12)23-10-13(22)19-8-6-11-4-2-1-3-5-11/h1-5,7,9H,6,8,10H2,(H,19,22). The van der Waals surface area contributed by atoms with Gasteiger partial charge in [0.2, 0.25) is 5.91 Å². The van der Waals surface area contributed by atoms with Crippen molar-refractivity contribution in [1.82, 2.24) is 15.3 Å². The second kappa shape index (κ2) is 7.96. The lowest BCUT2D eigenvalue weighted by Gasteiger charge is -2.07. The summed E-state index contributed by atoms with van der Waals surface area (Å²) in [6, 6.07) is 10.4. The summed E-state index contributed by atoms with van der Waals surface area (Å²) < 4.78 is 37.5. The Morgan fingerprint density at radius 2 is 1.91 bits per heavy atom. The van der Waals surface area contributed by atoms with Crippen LogP contribution in [0.1, 0.15) is 11.3 Å². The lowest BCUT2D eigenvalue weighted by Crippen LogP contribution is -2.27. The Morgan fingerprint density at radius 3 is 2.61 bits per heavy atom. The number of nitrogens with one attached hydrogen (secondary N) is 1. The highest BCUT2D eigenvalue weighted by molar-refractivity contribution is 7.99. The first-order chi connectivity index (χ1) is 10.9. The van der Waals surface area contributed by atoms with E-state index >= 15 is 0 Å². The number of amides is 1. The van der Waals surface area contributed by atoms with Gasteiger partial charge in [0.05, 0.1) is 5.75 Å². The lowest BCUT2D eigenvalue weighted by molar-refractivity contribution is -0.141. The largest absolute Gasteiger partial charge is 0.433 e. The fourth-order valence-electron chi connectivity index (χ4n) is 1.74. The normalized spacial score (nSPS) is 11.3. The molecule has 8 heteroatoms. The highest BCUT2D eigenvalue weighted by atomic mass is 32.2. The van der Waals surface area contributed by atoms with Gasteiger partial charge in [-0.25, -0.2) is 9.97 Å². The Kier molecular flexibility index (Phi) is 5.97. The summed E-state index contributed by atoms with van der Waals surface area (Å²) in [4.78, 5) is 18.8. The van der Waals surface area contributed by atoms with Gasteiger partial charge in [0.25, 0.3) is 0 Å². The average molecular weight is 341 g/mol. The summed E-state index contributed by atoms with van der Waals surface area (Å²) in [6.45, 7) is 0.465. The zero-order chi connectivity index (χ0) is 16.7. The van der Waals surface area contributed by atoms with E-state index in [-0.39, 0.29) is 16.8 Å². The second-order valence-electron chi connectivity index (χ2n) is 4.60. The Labute approximate surface area is 135 Å². The molecule has 0 saturated heterocycles. The van der Waals surface area contributed by atoms with Crippen LogP contribution >= 0.6 is 11.8 Å². The number of carbonyl (C=O) groups is 1. The van der Waals surface area contributed by atoms with Crippen molar-refractivity contribution < 1.29 is 18.0 Å². The van der Waals surface area contributed by atoms with Gasteiger partial charge in [0, 0.05) is 12.7 Å². The van der Waals surface area contributed by atoms with E-state index < -0.39 is 11.9 Å². The smallest absolute Gasteiger partial charge is 0.355 e. The SMILES string of the molecule is O=C(CSc1nccc(C(F)(F)F)n1)NCCc1ccccc1. The van der Waals surface area contributed by atoms with Crippen molar-refractivity contribution in [1.29, 1.82) is 0 Å². The van der Waals surface area contributed by atoms with Gasteiger partial charge in [-0.2, -0.15) is 13.2 Å². The lowest BCUT2D eigenvalue weighted by atomic mass is 10.1. The Balaban J connectivity index is 1.76. The van der Waals surface area contributed by atoms with Crippen LogP contribution in [-0.4, -0.2) is 28.2 Å². The molecule has 0 spiro atoms. The number of nitrogens with zero attached hydrogens (tertiary/aromatic N) is 2. The number of rotatable bonds is 6. The molecule has 0 aliphatic carbocycles. The van der Waals surface area contributed by atoms with Crippen LogP contribution in [0.2, 0.25) is 0 Å². The fourth-order valence-corrected chi connectivity index (χ4v) is 2.40. The molecule has 1 aromatic carbocycles. The topological polar surface area (TPSA) is 54.9 Å². The third-order valence-electron chi connectivity index (χ3n) is 2.83. The van der Waals surface area contributed by atoms with Crippen molar-refractivity contribution in [3.63, 3.8) is 0 Å². The molecule has 0 radical (unpaired) electrons. The van der Waals surface area contributed by atoms with Gasteiger partial charge in [-0.05, 0) is 18.1 Å². The van der Waals surface area contributed by atoms with Crippen LogP contribution in [0.4, 0.5) is 13.2 Å². The molecule has 0 saturated carbocycles. The van der Waals surface area contributed by atoms with E-state index in [9.17, 15) is 18.0 Å². The Hall–Kier alpha value is -2.09. The summed E-state index contributed by atoms with van der Waals surface area (Å²) in [7, 11) is 0. The molecule has 1 amide bonds. The summed E-state index contributed by atoms with van der Waals surface area (Å²) in [5.74, 6) is -0.303. The van der Waals surface area contributed by atoms with Crippen molar-refractivity contribution >= 4 is 17.7 Å². The molecule has 0 aliphatic heterocycles. The highest BCUT2D eigenvalue weighted by Crippen LogP contribution is 2.28. The Bertz CT molecular complexity index is 650. The summed E-state index contributed by atoms with van der Waals surface area (Å²) in [5.41, 5.74) is 0.0844. The molecule has 122 valence electrons. The monoisotopic (exact) mass is 341 g/mol. The van der Waals surface area contributed by atoms with Crippen molar-refractivity contribution in [2.75, 3.05) is 12.3 Å². The molecule has 2 rings (SSSR count). The maximum Gasteiger partial charge on any atom is 0.433 e. The molecule has 1 aromatic heterocycles. The van der Waals surface area contributed by atoms with Gasteiger partial charge in [0.15, 0.2) is 5.16 Å². The first kappa shape index (κ1) is 17.3. The van der Waals surface area contributed by atoms with Gasteiger partial charge >= 0.3 is 6.18 Å². The number of hydrogen-bond acceptors (Lipinski definition) is 4. The third-order valence-corrected chi connectivity index (χ3v) is 3.70. The maximum absolute atomic E-state index is 12.5. The number of thioether (sulfide) groups is 1. The van der Waals surface area contributed by atoms with E-state index in [1.165, 1.54) is 0 Å². The number of aromatic nitrogens is 2. The maximum atomic E-state index is 12.5. The molecule has 1 heterocycles. The van der Waals surface area contributed by atoms with Gasteiger partial charge < -0.3 is 5.32 Å². The van der Waals surface area contributed by atoms with Crippen LogP contribution in [-0.2, 0) is 17.4 Å². The van der Waals surface area contributed by atoms with Crippen molar-refractivity contribution in [2.45, 2.75) is 17.8 Å². The van der Waals surface area contributed by atoms with Gasteiger partial charge in [-0.15, -0.1) is 0 Å². The van der Waals surface area contributed by atoms with E-state index in [0.29, 0.717) is 13.0 Å².